The molecular formula is C16H22BrNO. The number of hydrogen-bond acceptors (Lipinski definition) is 2. The van der Waals surface area contributed by atoms with Gasteiger partial charge in [0.25, 0.3) is 0 Å². The normalized spacial score (nSPS) is 31.4. The minimum atomic E-state index is 0.261. The van der Waals surface area contributed by atoms with Gasteiger partial charge >= 0.3 is 0 Å². The van der Waals surface area contributed by atoms with Crippen molar-refractivity contribution in [3.8, 4) is 0 Å². The monoisotopic (exact) mass is 323 g/mol. The molecule has 0 spiro atoms. The van der Waals surface area contributed by atoms with Crippen molar-refractivity contribution >= 4 is 15.9 Å². The molecule has 0 N–H and O–H groups in total. The molecule has 3 unspecified atom stereocenters. The fourth-order valence-electron chi connectivity index (χ4n) is 3.40. The summed E-state index contributed by atoms with van der Waals surface area (Å²) in [6, 6.07) is 9.43. The van der Waals surface area contributed by atoms with Crippen molar-refractivity contribution in [2.75, 3.05) is 25.0 Å². The van der Waals surface area contributed by atoms with Crippen molar-refractivity contribution in [2.45, 2.75) is 31.9 Å². The van der Waals surface area contributed by atoms with Gasteiger partial charge in [0.2, 0.25) is 0 Å². The van der Waals surface area contributed by atoms with Crippen LogP contribution in [0.4, 0.5) is 0 Å². The maximum absolute atomic E-state index is 6.04. The number of ether oxygens (including phenoxy) is 1. The first-order valence-corrected chi connectivity index (χ1v) is 8.41. The molecule has 3 atom stereocenters. The van der Waals surface area contributed by atoms with Crippen molar-refractivity contribution in [1.29, 1.82) is 0 Å². The summed E-state index contributed by atoms with van der Waals surface area (Å²) in [5, 5.41) is 1.07. The minimum absolute atomic E-state index is 0.261. The van der Waals surface area contributed by atoms with E-state index in [2.05, 4.69) is 52.0 Å². The van der Waals surface area contributed by atoms with E-state index < -0.39 is 0 Å². The lowest BCUT2D eigenvalue weighted by Gasteiger charge is -2.32. The maximum atomic E-state index is 6.04. The Morgan fingerprint density at radius 3 is 3.05 bits per heavy atom. The summed E-state index contributed by atoms with van der Waals surface area (Å²) in [6.45, 7) is 5.47. The summed E-state index contributed by atoms with van der Waals surface area (Å²) >= 11 is 3.67. The number of hydrogen-bond donors (Lipinski definition) is 0. The highest BCUT2D eigenvalue weighted by atomic mass is 79.9. The van der Waals surface area contributed by atoms with E-state index in [4.69, 9.17) is 4.74 Å². The standard InChI is InChI=1S/C16H22BrNO/c1-12-6-8-18(15(12)10-17)11-16-14-5-3-2-4-13(14)7-9-19-16/h2-5,12,15-16H,6-11H2,1H3. The van der Waals surface area contributed by atoms with Crippen molar-refractivity contribution < 1.29 is 4.74 Å². The number of fused-ring (bicyclic) bond motifs is 1. The minimum Gasteiger partial charge on any atom is -0.372 e. The predicted octanol–water partition coefficient (Wildman–Crippen LogP) is 3.41. The van der Waals surface area contributed by atoms with Gasteiger partial charge in [0.15, 0.2) is 0 Å². The van der Waals surface area contributed by atoms with Crippen LogP contribution in [0.2, 0.25) is 0 Å². The van der Waals surface area contributed by atoms with Gasteiger partial charge in [-0.15, -0.1) is 0 Å². The molecule has 2 heterocycles. The highest BCUT2D eigenvalue weighted by Gasteiger charge is 2.33. The number of rotatable bonds is 3. The molecule has 0 saturated carbocycles. The van der Waals surface area contributed by atoms with Crippen molar-refractivity contribution in [3.63, 3.8) is 0 Å². The molecule has 2 aliphatic rings. The first kappa shape index (κ1) is 13.6. The van der Waals surface area contributed by atoms with Crippen LogP contribution >= 0.6 is 15.9 Å². The second-order valence-electron chi connectivity index (χ2n) is 5.79. The number of nitrogens with zero attached hydrogens (tertiary/aromatic N) is 1. The second kappa shape index (κ2) is 5.94. The zero-order chi connectivity index (χ0) is 13.2. The molecule has 104 valence electrons. The third kappa shape index (κ3) is 2.74. The molecule has 0 aliphatic carbocycles. The average Bonchev–Trinajstić information content (AvgIpc) is 2.79. The van der Waals surface area contributed by atoms with Gasteiger partial charge in [-0.2, -0.15) is 0 Å². The molecule has 2 aliphatic heterocycles. The smallest absolute Gasteiger partial charge is 0.0954 e. The van der Waals surface area contributed by atoms with E-state index in [1.807, 2.05) is 0 Å². The molecule has 1 fully saturated rings. The lowest BCUT2D eigenvalue weighted by atomic mass is 9.97. The average molecular weight is 324 g/mol. The molecule has 3 rings (SSSR count). The molecule has 1 aromatic rings. The molecule has 1 aromatic carbocycles. The lowest BCUT2D eigenvalue weighted by Crippen LogP contribution is -2.38. The van der Waals surface area contributed by atoms with Crippen LogP contribution in [0.15, 0.2) is 24.3 Å². The largest absolute Gasteiger partial charge is 0.372 e. The first-order chi connectivity index (χ1) is 9.29. The van der Waals surface area contributed by atoms with Crippen molar-refractivity contribution in [3.05, 3.63) is 35.4 Å². The molecular weight excluding hydrogens is 302 g/mol. The predicted molar refractivity (Wildman–Crippen MR) is 81.8 cm³/mol. The van der Waals surface area contributed by atoms with E-state index in [9.17, 15) is 0 Å². The van der Waals surface area contributed by atoms with Gasteiger partial charge < -0.3 is 4.74 Å². The molecule has 1 saturated heterocycles. The summed E-state index contributed by atoms with van der Waals surface area (Å²) in [6.07, 6.45) is 2.63. The van der Waals surface area contributed by atoms with Crippen LogP contribution in [-0.2, 0) is 11.2 Å². The van der Waals surface area contributed by atoms with Crippen molar-refractivity contribution in [2.24, 2.45) is 5.92 Å². The summed E-state index contributed by atoms with van der Waals surface area (Å²) < 4.78 is 6.04. The molecule has 0 amide bonds. The molecule has 0 radical (unpaired) electrons. The van der Waals surface area contributed by atoms with Gasteiger partial charge in [-0.3, -0.25) is 4.90 Å². The van der Waals surface area contributed by atoms with Gasteiger partial charge in [-0.25, -0.2) is 0 Å². The van der Waals surface area contributed by atoms with E-state index in [1.54, 1.807) is 0 Å². The Balaban J connectivity index is 1.74. The first-order valence-electron chi connectivity index (χ1n) is 7.29. The number of halogens is 1. The topological polar surface area (TPSA) is 12.5 Å². The number of benzene rings is 1. The summed E-state index contributed by atoms with van der Waals surface area (Å²) in [5.74, 6) is 0.790. The van der Waals surface area contributed by atoms with E-state index in [-0.39, 0.29) is 6.10 Å². The van der Waals surface area contributed by atoms with Gasteiger partial charge in [0.1, 0.15) is 0 Å². The lowest BCUT2D eigenvalue weighted by molar-refractivity contribution is 0.0136. The zero-order valence-corrected chi connectivity index (χ0v) is 13.1. The Hall–Kier alpha value is -0.380. The van der Waals surface area contributed by atoms with Crippen LogP contribution in [-0.4, -0.2) is 36.0 Å². The SMILES string of the molecule is CC1CCN(CC2OCCc3ccccc32)C1CBr. The highest BCUT2D eigenvalue weighted by molar-refractivity contribution is 9.09. The second-order valence-corrected chi connectivity index (χ2v) is 6.44. The van der Waals surface area contributed by atoms with Gasteiger partial charge in [0.05, 0.1) is 12.7 Å². The third-order valence-corrected chi connectivity index (χ3v) is 5.31. The Bertz CT molecular complexity index is 437. The van der Waals surface area contributed by atoms with Gasteiger partial charge in [-0.1, -0.05) is 47.1 Å². The van der Waals surface area contributed by atoms with Crippen LogP contribution in [0.3, 0.4) is 0 Å². The Labute approximate surface area is 124 Å². The van der Waals surface area contributed by atoms with E-state index >= 15 is 0 Å². The molecule has 19 heavy (non-hydrogen) atoms. The van der Waals surface area contributed by atoms with Crippen LogP contribution in [0.5, 0.6) is 0 Å². The maximum Gasteiger partial charge on any atom is 0.0954 e. The summed E-state index contributed by atoms with van der Waals surface area (Å²) in [7, 11) is 0. The zero-order valence-electron chi connectivity index (χ0n) is 11.5. The number of alkyl halides is 1. The Morgan fingerprint density at radius 1 is 1.37 bits per heavy atom. The van der Waals surface area contributed by atoms with Gasteiger partial charge in [0, 0.05) is 17.9 Å². The Morgan fingerprint density at radius 2 is 2.21 bits per heavy atom. The van der Waals surface area contributed by atoms with E-state index in [0.717, 1.165) is 30.8 Å². The molecule has 3 heteroatoms. The Kier molecular flexibility index (Phi) is 4.25. The van der Waals surface area contributed by atoms with Crippen LogP contribution in [0.1, 0.15) is 30.6 Å². The van der Waals surface area contributed by atoms with E-state index in [1.165, 1.54) is 24.1 Å². The summed E-state index contributed by atoms with van der Waals surface area (Å²) in [5.41, 5.74) is 2.88. The molecule has 0 bridgehead atoms. The van der Waals surface area contributed by atoms with Crippen LogP contribution in [0.25, 0.3) is 0 Å². The van der Waals surface area contributed by atoms with Crippen molar-refractivity contribution in [1.82, 2.24) is 4.90 Å². The fraction of sp³-hybridized carbons (Fsp3) is 0.625. The third-order valence-electron chi connectivity index (χ3n) is 4.65. The molecule has 0 aromatic heterocycles. The number of likely N-dealkylation sites (tertiary alicyclic amines) is 1. The quantitative estimate of drug-likeness (QED) is 0.790. The fourth-order valence-corrected chi connectivity index (χ4v) is 4.45. The highest BCUT2D eigenvalue weighted by Crippen LogP contribution is 2.32. The van der Waals surface area contributed by atoms with E-state index in [0.29, 0.717) is 6.04 Å². The van der Waals surface area contributed by atoms with Gasteiger partial charge in [-0.05, 0) is 36.4 Å². The summed E-state index contributed by atoms with van der Waals surface area (Å²) in [4.78, 5) is 2.60. The van der Waals surface area contributed by atoms with Crippen LogP contribution in [0, 0.1) is 5.92 Å². The molecule has 2 nitrogen and oxygen atoms in total. The van der Waals surface area contributed by atoms with Crippen LogP contribution < -0.4 is 0 Å².